The molecule has 3 heterocycles. The summed E-state index contributed by atoms with van der Waals surface area (Å²) >= 11 is 5.80. The zero-order chi connectivity index (χ0) is 17.3. The standard InChI is InChI=1S/C15H14ClN5O3/c1-9-5-13(23)21-15(18-14(19-21)24-8-10(2)22)20(9)7-11-3-4-12(16)17-6-11/h3-6H,7-8H2,1-2H3. The van der Waals surface area contributed by atoms with Crippen LogP contribution in [0.4, 0.5) is 0 Å². The van der Waals surface area contributed by atoms with Gasteiger partial charge < -0.3 is 9.30 Å². The molecule has 3 aromatic rings. The van der Waals surface area contributed by atoms with E-state index in [-0.39, 0.29) is 24.0 Å². The van der Waals surface area contributed by atoms with E-state index in [1.807, 2.05) is 6.07 Å². The molecule has 0 saturated carbocycles. The van der Waals surface area contributed by atoms with E-state index in [0.717, 1.165) is 10.1 Å². The first-order valence-corrected chi connectivity index (χ1v) is 7.52. The maximum absolute atomic E-state index is 12.1. The van der Waals surface area contributed by atoms with Crippen LogP contribution in [0.15, 0.2) is 29.2 Å². The molecule has 8 nitrogen and oxygen atoms in total. The summed E-state index contributed by atoms with van der Waals surface area (Å²) in [4.78, 5) is 31.4. The molecule has 3 aromatic heterocycles. The van der Waals surface area contributed by atoms with Crippen LogP contribution in [0.1, 0.15) is 18.2 Å². The summed E-state index contributed by atoms with van der Waals surface area (Å²) in [6.45, 7) is 3.48. The largest absolute Gasteiger partial charge is 0.454 e. The molecule has 24 heavy (non-hydrogen) atoms. The highest BCUT2D eigenvalue weighted by atomic mass is 35.5. The first kappa shape index (κ1) is 16.1. The van der Waals surface area contributed by atoms with Crippen LogP contribution in [-0.2, 0) is 11.3 Å². The van der Waals surface area contributed by atoms with E-state index in [9.17, 15) is 9.59 Å². The van der Waals surface area contributed by atoms with Crippen LogP contribution in [0.2, 0.25) is 5.15 Å². The van der Waals surface area contributed by atoms with Crippen molar-refractivity contribution in [3.8, 4) is 6.01 Å². The summed E-state index contributed by atoms with van der Waals surface area (Å²) in [7, 11) is 0. The van der Waals surface area contributed by atoms with Crippen molar-refractivity contribution < 1.29 is 9.53 Å². The lowest BCUT2D eigenvalue weighted by Crippen LogP contribution is -2.20. The highest BCUT2D eigenvalue weighted by Gasteiger charge is 2.14. The molecular formula is C15H14ClN5O3. The van der Waals surface area contributed by atoms with E-state index in [4.69, 9.17) is 16.3 Å². The molecule has 0 amide bonds. The molecule has 0 bridgehead atoms. The zero-order valence-corrected chi connectivity index (χ0v) is 13.8. The van der Waals surface area contributed by atoms with Crippen molar-refractivity contribution in [3.63, 3.8) is 0 Å². The lowest BCUT2D eigenvalue weighted by Gasteiger charge is -2.11. The van der Waals surface area contributed by atoms with Gasteiger partial charge in [-0.1, -0.05) is 17.7 Å². The molecule has 0 saturated heterocycles. The van der Waals surface area contributed by atoms with Crippen molar-refractivity contribution in [2.75, 3.05) is 6.61 Å². The molecule has 3 rings (SSSR count). The number of aryl methyl sites for hydroxylation is 1. The molecule has 0 spiro atoms. The number of ketones is 1. The van der Waals surface area contributed by atoms with Gasteiger partial charge in [0.05, 0.1) is 6.54 Å². The van der Waals surface area contributed by atoms with Crippen molar-refractivity contribution in [1.82, 2.24) is 24.1 Å². The van der Waals surface area contributed by atoms with E-state index in [2.05, 4.69) is 15.1 Å². The Morgan fingerprint density at radius 1 is 1.38 bits per heavy atom. The fourth-order valence-electron chi connectivity index (χ4n) is 2.19. The maximum atomic E-state index is 12.1. The Balaban J connectivity index is 2.04. The Morgan fingerprint density at radius 3 is 2.83 bits per heavy atom. The van der Waals surface area contributed by atoms with E-state index in [1.54, 1.807) is 23.8 Å². The molecule has 0 radical (unpaired) electrons. The molecule has 9 heteroatoms. The number of carbonyl (C=O) groups is 1. The zero-order valence-electron chi connectivity index (χ0n) is 13.1. The van der Waals surface area contributed by atoms with Gasteiger partial charge in [-0.05, 0) is 25.5 Å². The highest BCUT2D eigenvalue weighted by molar-refractivity contribution is 6.29. The number of aromatic nitrogens is 5. The Bertz CT molecular complexity index is 962. The fraction of sp³-hybridized carbons (Fsp3) is 0.267. The maximum Gasteiger partial charge on any atom is 0.338 e. The third-order valence-electron chi connectivity index (χ3n) is 3.31. The van der Waals surface area contributed by atoms with Gasteiger partial charge in [0.2, 0.25) is 5.78 Å². The minimum atomic E-state index is -0.321. The Morgan fingerprint density at radius 2 is 2.17 bits per heavy atom. The summed E-state index contributed by atoms with van der Waals surface area (Å²) < 4.78 is 8.14. The van der Waals surface area contributed by atoms with Crippen molar-refractivity contribution in [3.05, 3.63) is 51.2 Å². The molecule has 0 aromatic carbocycles. The topological polar surface area (TPSA) is 91.4 Å². The monoisotopic (exact) mass is 347 g/mol. The van der Waals surface area contributed by atoms with Gasteiger partial charge >= 0.3 is 6.01 Å². The average molecular weight is 348 g/mol. The number of ether oxygens (including phenoxy) is 1. The first-order chi connectivity index (χ1) is 11.4. The summed E-state index contributed by atoms with van der Waals surface area (Å²) in [5.41, 5.74) is 1.29. The third kappa shape index (κ3) is 3.28. The van der Waals surface area contributed by atoms with E-state index >= 15 is 0 Å². The Kier molecular flexibility index (Phi) is 4.30. The number of carbonyl (C=O) groups excluding carboxylic acids is 1. The van der Waals surface area contributed by atoms with Gasteiger partial charge in [0, 0.05) is 18.0 Å². The predicted molar refractivity (Wildman–Crippen MR) is 86.5 cm³/mol. The van der Waals surface area contributed by atoms with Crippen LogP contribution < -0.4 is 10.3 Å². The molecule has 0 aliphatic carbocycles. The van der Waals surface area contributed by atoms with Crippen LogP contribution >= 0.6 is 11.6 Å². The molecule has 124 valence electrons. The second-order valence-corrected chi connectivity index (χ2v) is 5.68. The van der Waals surface area contributed by atoms with Gasteiger partial charge in [0.1, 0.15) is 11.8 Å². The lowest BCUT2D eigenvalue weighted by atomic mass is 10.3. The molecule has 0 aliphatic heterocycles. The van der Waals surface area contributed by atoms with Crippen LogP contribution in [0.5, 0.6) is 6.01 Å². The predicted octanol–water partition coefficient (Wildman–Crippen LogP) is 1.26. The van der Waals surface area contributed by atoms with Crippen molar-refractivity contribution in [2.45, 2.75) is 20.4 Å². The minimum Gasteiger partial charge on any atom is -0.454 e. The number of hydrogen-bond acceptors (Lipinski definition) is 6. The van der Waals surface area contributed by atoms with Gasteiger partial charge in [0.25, 0.3) is 5.56 Å². The van der Waals surface area contributed by atoms with Crippen LogP contribution in [0.25, 0.3) is 5.78 Å². The number of Topliss-reactive ketones (excluding diaryl/α,β-unsaturated/α-hetero) is 1. The number of nitrogens with zero attached hydrogens (tertiary/aromatic N) is 5. The van der Waals surface area contributed by atoms with Gasteiger partial charge in [-0.3, -0.25) is 9.59 Å². The molecular weight excluding hydrogens is 334 g/mol. The number of hydrogen-bond donors (Lipinski definition) is 0. The lowest BCUT2D eigenvalue weighted by molar-refractivity contribution is -0.119. The van der Waals surface area contributed by atoms with Crippen LogP contribution in [0.3, 0.4) is 0 Å². The van der Waals surface area contributed by atoms with E-state index < -0.39 is 0 Å². The van der Waals surface area contributed by atoms with E-state index in [1.165, 1.54) is 13.0 Å². The Hall–Kier alpha value is -2.74. The third-order valence-corrected chi connectivity index (χ3v) is 3.54. The first-order valence-electron chi connectivity index (χ1n) is 7.14. The fourth-order valence-corrected chi connectivity index (χ4v) is 2.30. The van der Waals surface area contributed by atoms with Gasteiger partial charge in [-0.15, -0.1) is 5.10 Å². The number of fused-ring (bicyclic) bond motifs is 1. The minimum absolute atomic E-state index is 0.0177. The van der Waals surface area contributed by atoms with Gasteiger partial charge in [0.15, 0.2) is 5.78 Å². The normalized spacial score (nSPS) is 11.0. The number of rotatable bonds is 5. The quantitative estimate of drug-likeness (QED) is 0.645. The molecule has 0 N–H and O–H groups in total. The average Bonchev–Trinajstić information content (AvgIpc) is 2.96. The van der Waals surface area contributed by atoms with Crippen molar-refractivity contribution in [1.29, 1.82) is 0 Å². The Labute approximate surface area is 141 Å². The summed E-state index contributed by atoms with van der Waals surface area (Å²) in [5, 5.41) is 4.41. The SMILES string of the molecule is CC(=O)COc1nc2n(Cc3ccc(Cl)nc3)c(C)cc(=O)n2n1. The summed E-state index contributed by atoms with van der Waals surface area (Å²) in [6.07, 6.45) is 1.65. The van der Waals surface area contributed by atoms with Crippen LogP contribution in [0, 0.1) is 6.92 Å². The second kappa shape index (κ2) is 6.40. The molecule has 0 atom stereocenters. The van der Waals surface area contributed by atoms with E-state index in [0.29, 0.717) is 23.2 Å². The number of halogens is 1. The van der Waals surface area contributed by atoms with Crippen LogP contribution in [-0.4, -0.2) is 36.5 Å². The summed E-state index contributed by atoms with van der Waals surface area (Å²) in [6, 6.07) is 4.97. The highest BCUT2D eigenvalue weighted by Crippen LogP contribution is 2.12. The van der Waals surface area contributed by atoms with Gasteiger partial charge in [-0.25, -0.2) is 4.98 Å². The smallest absolute Gasteiger partial charge is 0.338 e. The molecule has 0 fully saturated rings. The molecule has 0 unspecified atom stereocenters. The van der Waals surface area contributed by atoms with Crippen molar-refractivity contribution in [2.24, 2.45) is 0 Å². The second-order valence-electron chi connectivity index (χ2n) is 5.30. The van der Waals surface area contributed by atoms with Gasteiger partial charge in [-0.2, -0.15) is 9.50 Å². The number of pyridine rings is 1. The van der Waals surface area contributed by atoms with Crippen molar-refractivity contribution >= 4 is 23.2 Å². The summed E-state index contributed by atoms with van der Waals surface area (Å²) in [5.74, 6) is 0.168. The molecule has 0 aliphatic rings.